The lowest BCUT2D eigenvalue weighted by Crippen LogP contribution is -1.98. The molecular formula is C15H28ClN3. The van der Waals surface area contributed by atoms with Gasteiger partial charge < -0.3 is 0 Å². The second-order valence-electron chi connectivity index (χ2n) is 5.24. The van der Waals surface area contributed by atoms with Gasteiger partial charge in [-0.15, -0.1) is 16.7 Å². The van der Waals surface area contributed by atoms with Crippen LogP contribution in [0.5, 0.6) is 0 Å². The molecule has 0 N–H and O–H groups in total. The number of hydrogen-bond acceptors (Lipinski definition) is 2. The molecule has 0 radical (unpaired) electrons. The molecule has 0 saturated carbocycles. The van der Waals surface area contributed by atoms with Crippen LogP contribution in [0.3, 0.4) is 0 Å². The topological polar surface area (TPSA) is 30.7 Å². The molecule has 0 aromatic carbocycles. The fourth-order valence-corrected chi connectivity index (χ4v) is 2.35. The molecule has 0 spiro atoms. The summed E-state index contributed by atoms with van der Waals surface area (Å²) in [5, 5.41) is 8.31. The molecule has 110 valence electrons. The summed E-state index contributed by atoms with van der Waals surface area (Å²) in [6.45, 7) is 3.27. The highest BCUT2D eigenvalue weighted by Crippen LogP contribution is 2.09. The molecule has 1 heterocycles. The first-order valence-corrected chi connectivity index (χ1v) is 8.35. The smallest absolute Gasteiger partial charge is 0.0827 e. The van der Waals surface area contributed by atoms with Crippen LogP contribution in [0.2, 0.25) is 0 Å². The van der Waals surface area contributed by atoms with E-state index in [4.69, 9.17) is 11.6 Å². The van der Waals surface area contributed by atoms with Gasteiger partial charge >= 0.3 is 0 Å². The summed E-state index contributed by atoms with van der Waals surface area (Å²) in [5.41, 5.74) is 1.07. The summed E-state index contributed by atoms with van der Waals surface area (Å²) in [5.74, 6) is 0.699. The Morgan fingerprint density at radius 2 is 1.68 bits per heavy atom. The van der Waals surface area contributed by atoms with Crippen LogP contribution in [-0.4, -0.2) is 20.9 Å². The SMILES string of the molecule is CCCCCCCCCCn1cc(CCCCl)nn1. The Labute approximate surface area is 122 Å². The van der Waals surface area contributed by atoms with Gasteiger partial charge in [0.15, 0.2) is 0 Å². The highest BCUT2D eigenvalue weighted by Gasteiger charge is 2.00. The van der Waals surface area contributed by atoms with Crippen LogP contribution in [0.25, 0.3) is 0 Å². The Hall–Kier alpha value is -0.570. The Morgan fingerprint density at radius 3 is 2.37 bits per heavy atom. The molecule has 1 aromatic rings. The van der Waals surface area contributed by atoms with E-state index >= 15 is 0 Å². The van der Waals surface area contributed by atoms with Crippen molar-refractivity contribution >= 4 is 11.6 Å². The van der Waals surface area contributed by atoms with E-state index in [1.54, 1.807) is 0 Å². The summed E-state index contributed by atoms with van der Waals surface area (Å²) in [7, 11) is 0. The Kier molecular flexibility index (Phi) is 9.78. The van der Waals surface area contributed by atoms with Gasteiger partial charge in [-0.3, -0.25) is 4.68 Å². The number of hydrogen-bond donors (Lipinski definition) is 0. The Bertz CT molecular complexity index is 312. The summed E-state index contributed by atoms with van der Waals surface area (Å²) in [4.78, 5) is 0. The van der Waals surface area contributed by atoms with Crippen molar-refractivity contribution in [2.24, 2.45) is 0 Å². The fraction of sp³-hybridized carbons (Fsp3) is 0.867. The molecule has 0 amide bonds. The highest BCUT2D eigenvalue weighted by molar-refractivity contribution is 6.17. The van der Waals surface area contributed by atoms with Gasteiger partial charge in [-0.25, -0.2) is 0 Å². The number of aryl methyl sites for hydroxylation is 2. The van der Waals surface area contributed by atoms with Gasteiger partial charge in [0.2, 0.25) is 0 Å². The number of halogens is 1. The molecular weight excluding hydrogens is 258 g/mol. The van der Waals surface area contributed by atoms with Crippen LogP contribution in [-0.2, 0) is 13.0 Å². The summed E-state index contributed by atoms with van der Waals surface area (Å²) >= 11 is 5.67. The maximum atomic E-state index is 5.67. The monoisotopic (exact) mass is 285 g/mol. The first-order valence-electron chi connectivity index (χ1n) is 7.81. The van der Waals surface area contributed by atoms with E-state index in [-0.39, 0.29) is 0 Å². The molecule has 19 heavy (non-hydrogen) atoms. The van der Waals surface area contributed by atoms with Gasteiger partial charge in [-0.2, -0.15) is 0 Å². The third kappa shape index (κ3) is 8.25. The van der Waals surface area contributed by atoms with Gasteiger partial charge in [0.05, 0.1) is 5.69 Å². The highest BCUT2D eigenvalue weighted by atomic mass is 35.5. The first-order chi connectivity index (χ1) is 9.36. The molecule has 0 aliphatic heterocycles. The lowest BCUT2D eigenvalue weighted by Gasteiger charge is -2.01. The molecule has 0 atom stereocenters. The molecule has 0 unspecified atom stereocenters. The number of aromatic nitrogens is 3. The van der Waals surface area contributed by atoms with Crippen LogP contribution in [0.15, 0.2) is 6.20 Å². The maximum Gasteiger partial charge on any atom is 0.0827 e. The minimum atomic E-state index is 0.699. The molecule has 1 aromatic heterocycles. The average Bonchev–Trinajstić information content (AvgIpc) is 2.87. The van der Waals surface area contributed by atoms with Gasteiger partial charge in [-0.1, -0.05) is 57.1 Å². The number of unbranched alkanes of at least 4 members (excludes halogenated alkanes) is 7. The third-order valence-electron chi connectivity index (χ3n) is 3.39. The Morgan fingerprint density at radius 1 is 1.00 bits per heavy atom. The average molecular weight is 286 g/mol. The lowest BCUT2D eigenvalue weighted by molar-refractivity contribution is 0.511. The van der Waals surface area contributed by atoms with Crippen LogP contribution in [0.4, 0.5) is 0 Å². The number of alkyl halides is 1. The number of nitrogens with zero attached hydrogens (tertiary/aromatic N) is 3. The predicted octanol–water partition coefficient (Wildman–Crippen LogP) is 4.59. The maximum absolute atomic E-state index is 5.67. The summed E-state index contributed by atoms with van der Waals surface area (Å²) in [6.07, 6.45) is 14.8. The van der Waals surface area contributed by atoms with Gasteiger partial charge in [-0.05, 0) is 19.3 Å². The van der Waals surface area contributed by atoms with Crippen molar-refractivity contribution in [3.63, 3.8) is 0 Å². The van der Waals surface area contributed by atoms with Crippen molar-refractivity contribution in [2.75, 3.05) is 5.88 Å². The van der Waals surface area contributed by atoms with Crippen LogP contribution in [0, 0.1) is 0 Å². The van der Waals surface area contributed by atoms with E-state index in [1.807, 2.05) is 4.68 Å². The second-order valence-corrected chi connectivity index (χ2v) is 5.62. The van der Waals surface area contributed by atoms with Crippen molar-refractivity contribution in [3.05, 3.63) is 11.9 Å². The number of rotatable bonds is 12. The molecule has 0 aliphatic rings. The van der Waals surface area contributed by atoms with E-state index in [0.29, 0.717) is 5.88 Å². The minimum Gasteiger partial charge on any atom is -0.252 e. The van der Waals surface area contributed by atoms with Crippen molar-refractivity contribution in [1.82, 2.24) is 15.0 Å². The lowest BCUT2D eigenvalue weighted by atomic mass is 10.1. The van der Waals surface area contributed by atoms with Gasteiger partial charge in [0, 0.05) is 18.6 Å². The van der Waals surface area contributed by atoms with Crippen LogP contribution in [0.1, 0.15) is 70.4 Å². The van der Waals surface area contributed by atoms with E-state index in [2.05, 4.69) is 23.4 Å². The van der Waals surface area contributed by atoms with Crippen LogP contribution >= 0.6 is 11.6 Å². The molecule has 0 aliphatic carbocycles. The van der Waals surface area contributed by atoms with Gasteiger partial charge in [0.1, 0.15) is 0 Å². The zero-order chi connectivity index (χ0) is 13.8. The molecule has 3 nitrogen and oxygen atoms in total. The largest absolute Gasteiger partial charge is 0.252 e. The van der Waals surface area contributed by atoms with Gasteiger partial charge in [0.25, 0.3) is 0 Å². The van der Waals surface area contributed by atoms with E-state index in [1.165, 1.54) is 51.4 Å². The van der Waals surface area contributed by atoms with E-state index < -0.39 is 0 Å². The third-order valence-corrected chi connectivity index (χ3v) is 3.66. The molecule has 0 saturated heterocycles. The first kappa shape index (κ1) is 16.5. The molecule has 0 bridgehead atoms. The molecule has 1 rings (SSSR count). The van der Waals surface area contributed by atoms with E-state index in [9.17, 15) is 0 Å². The predicted molar refractivity (Wildman–Crippen MR) is 81.7 cm³/mol. The fourth-order valence-electron chi connectivity index (χ4n) is 2.22. The van der Waals surface area contributed by atoms with Crippen molar-refractivity contribution in [2.45, 2.75) is 77.7 Å². The van der Waals surface area contributed by atoms with Crippen LogP contribution < -0.4 is 0 Å². The Balaban J connectivity index is 1.98. The minimum absolute atomic E-state index is 0.699. The van der Waals surface area contributed by atoms with E-state index in [0.717, 1.165) is 25.1 Å². The summed E-state index contributed by atoms with van der Waals surface area (Å²) < 4.78 is 1.97. The summed E-state index contributed by atoms with van der Waals surface area (Å²) in [6, 6.07) is 0. The zero-order valence-corrected chi connectivity index (χ0v) is 13.0. The van der Waals surface area contributed by atoms with Crippen molar-refractivity contribution in [1.29, 1.82) is 0 Å². The normalized spacial score (nSPS) is 11.1. The standard InChI is InChI=1S/C15H28ClN3/c1-2-3-4-5-6-7-8-9-13-19-14-15(17-18-19)11-10-12-16/h14H,2-13H2,1H3. The van der Waals surface area contributed by atoms with Crippen molar-refractivity contribution < 1.29 is 0 Å². The zero-order valence-electron chi connectivity index (χ0n) is 12.3. The quantitative estimate of drug-likeness (QED) is 0.415. The molecule has 4 heteroatoms. The second kappa shape index (κ2) is 11.3. The molecule has 0 fully saturated rings. The van der Waals surface area contributed by atoms with Crippen molar-refractivity contribution in [3.8, 4) is 0 Å².